The van der Waals surface area contributed by atoms with E-state index in [2.05, 4.69) is 50.8 Å². The van der Waals surface area contributed by atoms with Crippen molar-refractivity contribution in [1.82, 2.24) is 14.9 Å². The zero-order valence-electron chi connectivity index (χ0n) is 21.8. The molecular weight excluding hydrogens is 524 g/mol. The van der Waals surface area contributed by atoms with Crippen LogP contribution in [0.15, 0.2) is 36.5 Å². The van der Waals surface area contributed by atoms with E-state index in [9.17, 15) is 8.42 Å². The summed E-state index contributed by atoms with van der Waals surface area (Å²) in [7, 11) is 1.82. The lowest BCUT2D eigenvalue weighted by atomic mass is 9.86. The highest BCUT2D eigenvalue weighted by atomic mass is 35.5. The van der Waals surface area contributed by atoms with Gasteiger partial charge in [-0.15, -0.1) is 0 Å². The first-order valence-corrected chi connectivity index (χ1v) is 14.6. The van der Waals surface area contributed by atoms with E-state index in [0.717, 1.165) is 49.0 Å². The largest absolute Gasteiger partial charge is 0.495 e. The highest BCUT2D eigenvalue weighted by Crippen LogP contribution is 2.39. The molecule has 6 bridgehead atoms. The molecule has 5 rings (SSSR count). The summed E-state index contributed by atoms with van der Waals surface area (Å²) in [6, 6.07) is 9.73. The van der Waals surface area contributed by atoms with E-state index >= 15 is 0 Å². The van der Waals surface area contributed by atoms with Gasteiger partial charge in [0.05, 0.1) is 36.6 Å². The molecule has 0 atom stereocenters. The topological polar surface area (TPSA) is 99.7 Å². The van der Waals surface area contributed by atoms with Crippen molar-refractivity contribution in [1.29, 1.82) is 0 Å². The fourth-order valence-corrected chi connectivity index (χ4v) is 5.51. The Morgan fingerprint density at radius 2 is 1.87 bits per heavy atom. The summed E-state index contributed by atoms with van der Waals surface area (Å²) >= 11 is 6.44. The average molecular weight is 555 g/mol. The Labute approximate surface area is 228 Å². The molecule has 0 radical (unpaired) electrons. The number of hydrogen-bond donors (Lipinski definition) is 2. The van der Waals surface area contributed by atoms with Crippen molar-refractivity contribution in [2.24, 2.45) is 0 Å². The van der Waals surface area contributed by atoms with Crippen LogP contribution in [0.3, 0.4) is 0 Å². The van der Waals surface area contributed by atoms with Crippen LogP contribution >= 0.6 is 11.6 Å². The van der Waals surface area contributed by atoms with Gasteiger partial charge in [0.15, 0.2) is 5.82 Å². The highest BCUT2D eigenvalue weighted by molar-refractivity contribution is 7.92. The smallest absolute Gasteiger partial charge is 0.232 e. The number of piperidine rings is 1. The Hall–Kier alpha value is -3.34. The number of sulfonamides is 1. The van der Waals surface area contributed by atoms with E-state index in [1.54, 1.807) is 13.2 Å². The predicted molar refractivity (Wildman–Crippen MR) is 155 cm³/mol. The summed E-state index contributed by atoms with van der Waals surface area (Å²) < 4.78 is 31.7. The van der Waals surface area contributed by atoms with Crippen molar-refractivity contribution in [3.63, 3.8) is 0 Å². The summed E-state index contributed by atoms with van der Waals surface area (Å²) in [5.41, 5.74) is 4.95. The molecule has 1 aromatic heterocycles. The molecule has 0 aliphatic carbocycles. The van der Waals surface area contributed by atoms with Crippen molar-refractivity contribution < 1.29 is 13.2 Å². The second-order valence-electron chi connectivity index (χ2n) is 9.74. The number of hydrogen-bond acceptors (Lipinski definition) is 8. The molecule has 2 aromatic carbocycles. The number of halogens is 1. The molecule has 0 spiro atoms. The number of rotatable bonds is 4. The van der Waals surface area contributed by atoms with Gasteiger partial charge >= 0.3 is 0 Å². The number of nitrogens with zero attached hydrogens (tertiary/aromatic N) is 4. The first-order chi connectivity index (χ1) is 18.1. The normalized spacial score (nSPS) is 16.8. The minimum absolute atomic E-state index is 0.296. The van der Waals surface area contributed by atoms with E-state index in [1.807, 2.05) is 18.2 Å². The quantitative estimate of drug-likeness (QED) is 0.350. The van der Waals surface area contributed by atoms with E-state index < -0.39 is 10.0 Å². The molecule has 2 aliphatic heterocycles. The molecule has 0 saturated carbocycles. The van der Waals surface area contributed by atoms with Crippen LogP contribution in [0.1, 0.15) is 35.4 Å². The second kappa shape index (κ2) is 10.4. The maximum absolute atomic E-state index is 12.3. The lowest BCUT2D eigenvalue weighted by Crippen LogP contribution is -2.29. The van der Waals surface area contributed by atoms with Crippen molar-refractivity contribution in [3.05, 3.63) is 58.2 Å². The van der Waals surface area contributed by atoms with Gasteiger partial charge < -0.3 is 20.3 Å². The van der Waals surface area contributed by atoms with E-state index in [4.69, 9.17) is 16.3 Å². The van der Waals surface area contributed by atoms with E-state index in [1.165, 1.54) is 23.1 Å². The molecule has 0 unspecified atom stereocenters. The van der Waals surface area contributed by atoms with Gasteiger partial charge in [0.25, 0.3) is 0 Å². The fourth-order valence-electron chi connectivity index (χ4n) is 4.86. The molecule has 11 heteroatoms. The van der Waals surface area contributed by atoms with Crippen LogP contribution in [0.25, 0.3) is 12.2 Å². The Kier molecular flexibility index (Phi) is 7.21. The summed E-state index contributed by atoms with van der Waals surface area (Å²) in [6.45, 7) is 2.09. The third-order valence-corrected chi connectivity index (χ3v) is 8.59. The molecule has 3 aromatic rings. The Balaban J connectivity index is 1.68. The number of anilines is 5. The molecule has 3 heterocycles. The van der Waals surface area contributed by atoms with Crippen LogP contribution in [-0.4, -0.2) is 63.8 Å². The van der Waals surface area contributed by atoms with Gasteiger partial charge in [-0.3, -0.25) is 4.31 Å². The van der Waals surface area contributed by atoms with Gasteiger partial charge in [0.2, 0.25) is 16.0 Å². The first kappa shape index (κ1) is 26.3. The maximum Gasteiger partial charge on any atom is 0.232 e. The van der Waals surface area contributed by atoms with Crippen LogP contribution in [0.4, 0.5) is 28.8 Å². The van der Waals surface area contributed by atoms with Gasteiger partial charge in [-0.2, -0.15) is 4.98 Å². The van der Waals surface area contributed by atoms with Crippen molar-refractivity contribution >= 4 is 62.6 Å². The Morgan fingerprint density at radius 3 is 2.58 bits per heavy atom. The molecule has 200 valence electrons. The molecule has 9 nitrogen and oxygen atoms in total. The molecule has 0 amide bonds. The number of ether oxygens (including phenoxy) is 1. The fraction of sp³-hybridized carbons (Fsp3) is 0.333. The predicted octanol–water partition coefficient (Wildman–Crippen LogP) is 5.31. The summed E-state index contributed by atoms with van der Waals surface area (Å²) in [5, 5.41) is 6.79. The van der Waals surface area contributed by atoms with Gasteiger partial charge in [-0.25, -0.2) is 13.4 Å². The zero-order valence-corrected chi connectivity index (χ0v) is 23.4. The van der Waals surface area contributed by atoms with Crippen molar-refractivity contribution in [3.8, 4) is 5.75 Å². The minimum atomic E-state index is -3.50. The van der Waals surface area contributed by atoms with Gasteiger partial charge in [-0.05, 0) is 79.9 Å². The van der Waals surface area contributed by atoms with Crippen molar-refractivity contribution in [2.45, 2.75) is 18.8 Å². The first-order valence-electron chi connectivity index (χ1n) is 12.4. The third kappa shape index (κ3) is 5.43. The maximum atomic E-state index is 12.3. The van der Waals surface area contributed by atoms with Crippen LogP contribution in [0.2, 0.25) is 5.02 Å². The molecule has 1 fully saturated rings. The van der Waals surface area contributed by atoms with Crippen LogP contribution < -0.4 is 19.7 Å². The number of aromatic nitrogens is 2. The summed E-state index contributed by atoms with van der Waals surface area (Å²) in [4.78, 5) is 11.3. The van der Waals surface area contributed by atoms with Gasteiger partial charge in [0.1, 0.15) is 10.8 Å². The Bertz CT molecular complexity index is 1500. The SMILES string of the molecule is COc1cc(C2CCN(C)CC2)c2cc1Nc1ncc(Cl)c(n1)Nc1cc(ccc1N(C)S(C)(=O)=O)/C=C\2. The highest BCUT2D eigenvalue weighted by Gasteiger charge is 2.23. The zero-order chi connectivity index (χ0) is 27.0. The second-order valence-corrected chi connectivity index (χ2v) is 12.2. The standard InChI is InChI=1S/C27H31ClN6O3S/c1-33-11-9-18(10-12-33)20-15-25(37-3)23-14-19(20)7-5-17-6-8-24(34(2)38(4,35)36)22(13-17)30-26-21(28)16-29-27(31-23)32-26/h5-8,13-16,18H,9-12H2,1-4H3,(H2,29,30,31,32)/b7-5-. The average Bonchev–Trinajstić information content (AvgIpc) is 2.89. The van der Waals surface area contributed by atoms with Crippen LogP contribution in [0.5, 0.6) is 5.75 Å². The number of likely N-dealkylation sites (tertiary alicyclic amines) is 1. The summed E-state index contributed by atoms with van der Waals surface area (Å²) in [5.74, 6) is 1.78. The number of methoxy groups -OCH3 is 1. The molecule has 2 N–H and O–H groups in total. The molecule has 2 aliphatic rings. The van der Waals surface area contributed by atoms with E-state index in [0.29, 0.717) is 39.8 Å². The molecule has 1 saturated heterocycles. The van der Waals surface area contributed by atoms with Crippen molar-refractivity contribution in [2.75, 3.05) is 55.5 Å². The minimum Gasteiger partial charge on any atom is -0.495 e. The van der Waals surface area contributed by atoms with Crippen LogP contribution in [-0.2, 0) is 10.0 Å². The number of nitrogens with one attached hydrogen (secondary N) is 2. The monoisotopic (exact) mass is 554 g/mol. The molecule has 38 heavy (non-hydrogen) atoms. The number of benzene rings is 2. The van der Waals surface area contributed by atoms with Crippen LogP contribution in [0, 0.1) is 0 Å². The van der Waals surface area contributed by atoms with Gasteiger partial charge in [0, 0.05) is 7.05 Å². The lowest BCUT2D eigenvalue weighted by molar-refractivity contribution is 0.255. The summed E-state index contributed by atoms with van der Waals surface area (Å²) in [6.07, 6.45) is 8.92. The third-order valence-electron chi connectivity index (χ3n) is 7.12. The number of fused-ring (bicyclic) bond motifs is 6. The van der Waals surface area contributed by atoms with E-state index in [-0.39, 0.29) is 0 Å². The molecular formula is C27H31ClN6O3S. The van der Waals surface area contributed by atoms with Gasteiger partial charge in [-0.1, -0.05) is 29.8 Å². The lowest BCUT2D eigenvalue weighted by Gasteiger charge is -2.30. The Morgan fingerprint density at radius 1 is 1.11 bits per heavy atom.